The van der Waals surface area contributed by atoms with E-state index in [4.69, 9.17) is 16.3 Å². The van der Waals surface area contributed by atoms with Crippen LogP contribution in [0.1, 0.15) is 25.5 Å². The molecule has 2 rings (SSSR count). The molecule has 1 unspecified atom stereocenters. The van der Waals surface area contributed by atoms with E-state index in [1.54, 1.807) is 0 Å². The van der Waals surface area contributed by atoms with Gasteiger partial charge in [-0.25, -0.2) is 0 Å². The highest BCUT2D eigenvalue weighted by molar-refractivity contribution is 6.30. The summed E-state index contributed by atoms with van der Waals surface area (Å²) in [7, 11) is 0. The number of halogens is 1. The summed E-state index contributed by atoms with van der Waals surface area (Å²) in [6.07, 6.45) is 0.0624. The van der Waals surface area contributed by atoms with Gasteiger partial charge in [0.2, 0.25) is 0 Å². The van der Waals surface area contributed by atoms with E-state index in [1.165, 1.54) is 5.56 Å². The molecule has 18 heavy (non-hydrogen) atoms. The summed E-state index contributed by atoms with van der Waals surface area (Å²) in [5.74, 6) is 1.25. The topological polar surface area (TPSA) is 9.23 Å². The van der Waals surface area contributed by atoms with Gasteiger partial charge in [-0.15, -0.1) is 0 Å². The van der Waals surface area contributed by atoms with Gasteiger partial charge in [-0.05, 0) is 35.7 Å². The summed E-state index contributed by atoms with van der Waals surface area (Å²) < 4.78 is 6.06. The van der Waals surface area contributed by atoms with Gasteiger partial charge in [-0.3, -0.25) is 0 Å². The Kier molecular flexibility index (Phi) is 4.27. The van der Waals surface area contributed by atoms with Crippen molar-refractivity contribution in [2.75, 3.05) is 0 Å². The first-order valence-corrected chi connectivity index (χ1v) is 6.52. The Morgan fingerprint density at radius 2 is 1.50 bits per heavy atom. The van der Waals surface area contributed by atoms with E-state index in [0.717, 1.165) is 10.8 Å². The second-order valence-electron chi connectivity index (χ2n) is 4.65. The van der Waals surface area contributed by atoms with E-state index < -0.39 is 0 Å². The Labute approximate surface area is 113 Å². The van der Waals surface area contributed by atoms with Crippen LogP contribution in [0.25, 0.3) is 0 Å². The lowest BCUT2D eigenvalue weighted by Gasteiger charge is -2.23. The molecule has 0 amide bonds. The van der Waals surface area contributed by atoms with E-state index >= 15 is 0 Å². The lowest BCUT2D eigenvalue weighted by molar-refractivity contribution is 0.153. The molecule has 0 fully saturated rings. The quantitative estimate of drug-likeness (QED) is 0.742. The maximum atomic E-state index is 6.06. The van der Waals surface area contributed by atoms with E-state index in [1.807, 2.05) is 42.5 Å². The fourth-order valence-electron chi connectivity index (χ4n) is 1.89. The minimum absolute atomic E-state index is 0.0624. The third-order valence-corrected chi connectivity index (χ3v) is 3.06. The number of benzene rings is 2. The van der Waals surface area contributed by atoms with Crippen LogP contribution in [0.2, 0.25) is 5.02 Å². The maximum absolute atomic E-state index is 6.06. The minimum atomic E-state index is 0.0624. The highest BCUT2D eigenvalue weighted by Crippen LogP contribution is 2.28. The van der Waals surface area contributed by atoms with Crippen molar-refractivity contribution in [1.29, 1.82) is 0 Å². The molecule has 1 atom stereocenters. The average molecular weight is 261 g/mol. The Morgan fingerprint density at radius 3 is 2.06 bits per heavy atom. The molecule has 2 heteroatoms. The molecule has 94 valence electrons. The predicted octanol–water partition coefficient (Wildman–Crippen LogP) is 5.12. The molecular weight excluding hydrogens is 244 g/mol. The van der Waals surface area contributed by atoms with E-state index in [9.17, 15) is 0 Å². The largest absolute Gasteiger partial charge is 0.485 e. The number of rotatable bonds is 4. The normalized spacial score (nSPS) is 12.4. The van der Waals surface area contributed by atoms with Crippen molar-refractivity contribution in [2.24, 2.45) is 5.92 Å². The van der Waals surface area contributed by atoms with Crippen molar-refractivity contribution in [3.8, 4) is 5.75 Å². The molecular formula is C16H17ClO. The van der Waals surface area contributed by atoms with Crippen LogP contribution in [-0.4, -0.2) is 0 Å². The molecule has 0 bridgehead atoms. The van der Waals surface area contributed by atoms with Crippen molar-refractivity contribution < 1.29 is 4.74 Å². The third kappa shape index (κ3) is 3.27. The van der Waals surface area contributed by atoms with Crippen LogP contribution >= 0.6 is 11.6 Å². The molecule has 2 aromatic rings. The van der Waals surface area contributed by atoms with Gasteiger partial charge in [0, 0.05) is 5.02 Å². The number of hydrogen-bond donors (Lipinski definition) is 0. The van der Waals surface area contributed by atoms with Crippen LogP contribution in [0.15, 0.2) is 54.6 Å². The van der Waals surface area contributed by atoms with Gasteiger partial charge in [0.1, 0.15) is 11.9 Å². The molecule has 0 saturated heterocycles. The molecule has 0 aliphatic carbocycles. The Balaban J connectivity index is 2.19. The van der Waals surface area contributed by atoms with Crippen LogP contribution in [0.3, 0.4) is 0 Å². The fourth-order valence-corrected chi connectivity index (χ4v) is 2.02. The van der Waals surface area contributed by atoms with Crippen molar-refractivity contribution in [1.82, 2.24) is 0 Å². The van der Waals surface area contributed by atoms with Gasteiger partial charge in [0.05, 0.1) is 0 Å². The highest BCUT2D eigenvalue weighted by Gasteiger charge is 2.17. The summed E-state index contributed by atoms with van der Waals surface area (Å²) in [4.78, 5) is 0. The maximum Gasteiger partial charge on any atom is 0.126 e. The van der Waals surface area contributed by atoms with Crippen LogP contribution in [0.5, 0.6) is 5.75 Å². The van der Waals surface area contributed by atoms with E-state index in [-0.39, 0.29) is 6.10 Å². The zero-order valence-electron chi connectivity index (χ0n) is 10.6. The SMILES string of the molecule is CC(C)C(Oc1ccc(Cl)cc1)c1ccccc1. The molecule has 0 aliphatic rings. The molecule has 0 heterocycles. The van der Waals surface area contributed by atoms with E-state index in [0.29, 0.717) is 5.92 Å². The van der Waals surface area contributed by atoms with Crippen molar-refractivity contribution in [3.05, 3.63) is 65.2 Å². The summed E-state index contributed by atoms with van der Waals surface area (Å²) >= 11 is 5.87. The highest BCUT2D eigenvalue weighted by atomic mass is 35.5. The second kappa shape index (κ2) is 5.92. The first-order valence-electron chi connectivity index (χ1n) is 6.14. The van der Waals surface area contributed by atoms with Crippen LogP contribution in [0.4, 0.5) is 0 Å². The Morgan fingerprint density at radius 1 is 0.889 bits per heavy atom. The average Bonchev–Trinajstić information content (AvgIpc) is 2.38. The van der Waals surface area contributed by atoms with Gasteiger partial charge in [-0.1, -0.05) is 55.8 Å². The van der Waals surface area contributed by atoms with Gasteiger partial charge < -0.3 is 4.74 Å². The summed E-state index contributed by atoms with van der Waals surface area (Å²) in [5, 5.41) is 0.725. The van der Waals surface area contributed by atoms with Crippen LogP contribution in [-0.2, 0) is 0 Å². The van der Waals surface area contributed by atoms with Crippen molar-refractivity contribution >= 4 is 11.6 Å². The molecule has 0 saturated carbocycles. The minimum Gasteiger partial charge on any atom is -0.485 e. The molecule has 0 aromatic heterocycles. The third-order valence-electron chi connectivity index (χ3n) is 2.81. The zero-order valence-corrected chi connectivity index (χ0v) is 11.4. The molecule has 2 aromatic carbocycles. The van der Waals surface area contributed by atoms with Gasteiger partial charge >= 0.3 is 0 Å². The van der Waals surface area contributed by atoms with Crippen LogP contribution in [0, 0.1) is 5.92 Å². The summed E-state index contributed by atoms with van der Waals surface area (Å²) in [6, 6.07) is 17.8. The lowest BCUT2D eigenvalue weighted by atomic mass is 9.99. The molecule has 0 aliphatic heterocycles. The zero-order chi connectivity index (χ0) is 13.0. The van der Waals surface area contributed by atoms with Gasteiger partial charge in [0.15, 0.2) is 0 Å². The first-order chi connectivity index (χ1) is 8.66. The van der Waals surface area contributed by atoms with Gasteiger partial charge in [-0.2, -0.15) is 0 Å². The lowest BCUT2D eigenvalue weighted by Crippen LogP contribution is -2.14. The number of hydrogen-bond acceptors (Lipinski definition) is 1. The molecule has 0 N–H and O–H groups in total. The molecule has 1 nitrogen and oxygen atoms in total. The van der Waals surface area contributed by atoms with E-state index in [2.05, 4.69) is 26.0 Å². The standard InChI is InChI=1S/C16H17ClO/c1-12(2)16(13-6-4-3-5-7-13)18-15-10-8-14(17)9-11-15/h3-12,16H,1-2H3. The van der Waals surface area contributed by atoms with Crippen molar-refractivity contribution in [2.45, 2.75) is 20.0 Å². The summed E-state index contributed by atoms with van der Waals surface area (Å²) in [5.41, 5.74) is 1.20. The van der Waals surface area contributed by atoms with Crippen molar-refractivity contribution in [3.63, 3.8) is 0 Å². The smallest absolute Gasteiger partial charge is 0.126 e. The Bertz CT molecular complexity index is 476. The second-order valence-corrected chi connectivity index (χ2v) is 5.08. The molecule has 0 spiro atoms. The Hall–Kier alpha value is -1.47. The fraction of sp³-hybridized carbons (Fsp3) is 0.250. The van der Waals surface area contributed by atoms with Crippen LogP contribution < -0.4 is 4.74 Å². The predicted molar refractivity (Wildman–Crippen MR) is 76.1 cm³/mol. The number of ether oxygens (including phenoxy) is 1. The summed E-state index contributed by atoms with van der Waals surface area (Å²) in [6.45, 7) is 4.32. The first kappa shape index (κ1) is 13.0. The van der Waals surface area contributed by atoms with Gasteiger partial charge in [0.25, 0.3) is 0 Å². The molecule has 0 radical (unpaired) electrons. The monoisotopic (exact) mass is 260 g/mol.